The third-order valence-electron chi connectivity index (χ3n) is 1.83. The van der Waals surface area contributed by atoms with Crippen LogP contribution >= 0.6 is 11.3 Å². The molecule has 0 amide bonds. The zero-order valence-electron chi connectivity index (χ0n) is 11.7. The fraction of sp³-hybridized carbons (Fsp3) is 0.455. The van der Waals surface area contributed by atoms with Gasteiger partial charge in [0, 0.05) is 0 Å². The normalized spacial score (nSPS) is 11.8. The molecule has 0 radical (unpaired) electrons. The summed E-state index contributed by atoms with van der Waals surface area (Å²) in [4.78, 5) is 31.3. The molecule has 0 fully saturated rings. The van der Waals surface area contributed by atoms with E-state index >= 15 is 0 Å². The molecular formula is C11H14N3O5STl. The third kappa shape index (κ3) is 6.37. The van der Waals surface area contributed by atoms with Crippen LogP contribution in [0, 0.1) is 0 Å². The third-order valence-corrected chi connectivity index (χ3v) is 4.48. The van der Waals surface area contributed by atoms with Crippen LogP contribution in [0.4, 0.5) is 5.13 Å². The molecule has 1 rings (SSSR count). The Balaban J connectivity index is 2.69. The predicted octanol–water partition coefficient (Wildman–Crippen LogP) is 0.785. The molecule has 1 heterocycles. The van der Waals surface area contributed by atoms with E-state index in [2.05, 4.69) is 13.3 Å². The van der Waals surface area contributed by atoms with E-state index in [-0.39, 0.29) is 11.4 Å². The van der Waals surface area contributed by atoms with E-state index < -0.39 is 24.1 Å². The summed E-state index contributed by atoms with van der Waals surface area (Å²) in [6.07, 6.45) is 0. The second-order valence-electron chi connectivity index (χ2n) is 4.79. The molecule has 0 saturated carbocycles. The molecule has 0 aliphatic heterocycles. The van der Waals surface area contributed by atoms with Crippen molar-refractivity contribution < 1.29 is 24.3 Å². The first kappa shape index (κ1) is 17.8. The van der Waals surface area contributed by atoms with Crippen molar-refractivity contribution in [1.82, 2.24) is 4.98 Å². The summed E-state index contributed by atoms with van der Waals surface area (Å²) in [6, 6.07) is 0. The van der Waals surface area contributed by atoms with Crippen molar-refractivity contribution in [2.75, 3.05) is 9.73 Å². The number of carboxylic acid groups (broad SMARTS) is 1. The average molecular weight is 505 g/mol. The fourth-order valence-corrected chi connectivity index (χ4v) is 2.82. The van der Waals surface area contributed by atoms with Crippen molar-refractivity contribution in [3.63, 3.8) is 0 Å². The number of thiazole rings is 1. The van der Waals surface area contributed by atoms with Crippen molar-refractivity contribution in [2.45, 2.75) is 26.4 Å². The molecule has 1 aromatic heterocycles. The van der Waals surface area contributed by atoms with Crippen molar-refractivity contribution in [2.24, 2.45) is 5.16 Å². The number of carboxylic acids is 1. The maximum absolute atomic E-state index is 11.4. The first-order valence-corrected chi connectivity index (χ1v) is 8.93. The van der Waals surface area contributed by atoms with Crippen LogP contribution in [0.3, 0.4) is 0 Å². The van der Waals surface area contributed by atoms with Crippen molar-refractivity contribution in [3.8, 4) is 0 Å². The molecule has 0 saturated heterocycles. The van der Waals surface area contributed by atoms with Gasteiger partial charge >= 0.3 is 142 Å². The number of aromatic nitrogens is 1. The van der Waals surface area contributed by atoms with E-state index in [1.807, 2.05) is 0 Å². The molecule has 0 aliphatic rings. The molecule has 0 aromatic carbocycles. The van der Waals surface area contributed by atoms with Gasteiger partial charge in [0.15, 0.2) is 0 Å². The Hall–Kier alpha value is -1.24. The molecule has 2 N–H and O–H groups in total. The Morgan fingerprint density at radius 1 is 1.52 bits per heavy atom. The average Bonchev–Trinajstić information content (AvgIpc) is 2.80. The minimum absolute atomic E-state index is 0.180. The molecule has 8 nitrogen and oxygen atoms in total. The first-order valence-electron chi connectivity index (χ1n) is 5.80. The van der Waals surface area contributed by atoms with Gasteiger partial charge in [-0.25, -0.2) is 0 Å². The number of anilines is 1. The Kier molecular flexibility index (Phi) is 6.51. The van der Waals surface area contributed by atoms with E-state index in [4.69, 9.17) is 14.7 Å². The second-order valence-corrected chi connectivity index (χ2v) is 6.77. The van der Waals surface area contributed by atoms with Crippen LogP contribution < -0.4 is 3.13 Å². The van der Waals surface area contributed by atoms with Gasteiger partial charge in [-0.1, -0.05) is 0 Å². The van der Waals surface area contributed by atoms with Crippen LogP contribution in [0.25, 0.3) is 0 Å². The Bertz CT molecular complexity index is 552. The number of hydrogen-bond donors (Lipinski definition) is 2. The topological polar surface area (TPSA) is 110 Å². The summed E-state index contributed by atoms with van der Waals surface area (Å²) < 4.78 is 7.96. The first-order chi connectivity index (χ1) is 9.73. The number of oxime groups is 1. The maximum atomic E-state index is 11.4. The van der Waals surface area contributed by atoms with Crippen LogP contribution in [0.2, 0.25) is 0 Å². The van der Waals surface area contributed by atoms with Crippen LogP contribution in [-0.4, -0.2) is 66.0 Å². The van der Waals surface area contributed by atoms with Gasteiger partial charge in [0.05, 0.1) is 0 Å². The molecule has 0 unspecified atom stereocenters. The van der Waals surface area contributed by atoms with Gasteiger partial charge in [-0.15, -0.1) is 0 Å². The summed E-state index contributed by atoms with van der Waals surface area (Å²) in [5.74, 6) is -1.91. The summed E-state index contributed by atoms with van der Waals surface area (Å²) in [6.45, 7) is 4.69. The Labute approximate surface area is 141 Å². The molecule has 10 heteroatoms. The molecule has 0 bridgehead atoms. The van der Waals surface area contributed by atoms with Crippen LogP contribution in [-0.2, 0) is 19.2 Å². The summed E-state index contributed by atoms with van der Waals surface area (Å²) in [5, 5.41) is 14.7. The SMILES string of the molecule is CC(C)(C)OC(=O)CO/N=C(\C(=O)O)c1csc([NH][Tl])n1. The van der Waals surface area contributed by atoms with Crippen molar-refractivity contribution in [1.29, 1.82) is 0 Å². The molecule has 0 atom stereocenters. The molecule has 21 heavy (non-hydrogen) atoms. The Morgan fingerprint density at radius 3 is 2.67 bits per heavy atom. The van der Waals surface area contributed by atoms with Crippen molar-refractivity contribution in [3.05, 3.63) is 11.1 Å². The van der Waals surface area contributed by atoms with Gasteiger partial charge in [-0.2, -0.15) is 0 Å². The fourth-order valence-electron chi connectivity index (χ4n) is 1.16. The number of esters is 1. The zero-order valence-corrected chi connectivity index (χ0v) is 17.1. The Morgan fingerprint density at radius 2 is 2.19 bits per heavy atom. The number of carbonyl (C=O) groups excluding carboxylic acids is 1. The summed E-state index contributed by atoms with van der Waals surface area (Å²) in [5.41, 5.74) is -0.817. The van der Waals surface area contributed by atoms with E-state index in [1.165, 1.54) is 11.3 Å². The number of nitrogens with zero attached hydrogens (tertiary/aromatic N) is 2. The van der Waals surface area contributed by atoms with E-state index in [1.54, 1.807) is 26.2 Å². The van der Waals surface area contributed by atoms with Crippen LogP contribution in [0.1, 0.15) is 26.5 Å². The predicted molar refractivity (Wildman–Crippen MR) is 77.5 cm³/mol. The second kappa shape index (κ2) is 7.68. The molecule has 0 spiro atoms. The molecule has 112 valence electrons. The number of nitrogens with one attached hydrogen (secondary N) is 1. The van der Waals surface area contributed by atoms with Gasteiger partial charge in [-0.3, -0.25) is 0 Å². The number of hydrogen-bond acceptors (Lipinski definition) is 8. The molecular weight excluding hydrogens is 491 g/mol. The van der Waals surface area contributed by atoms with E-state index in [0.29, 0.717) is 31.2 Å². The zero-order chi connectivity index (χ0) is 16.0. The standard InChI is InChI=1S/C11H15N3O5S.Tl/c1-11(2,3)19-7(15)4-18-14-8(9(16)17)6-5-20-10(12)13-6;/h5H,4H2,1-3H3,(H3,12,13,16,17);/q;+1/p-1/b14-8-;. The van der Waals surface area contributed by atoms with Gasteiger partial charge < -0.3 is 0 Å². The van der Waals surface area contributed by atoms with Crippen molar-refractivity contribution >= 4 is 60.2 Å². The summed E-state index contributed by atoms with van der Waals surface area (Å²) in [7, 11) is 0. The molecule has 0 aliphatic carbocycles. The van der Waals surface area contributed by atoms with Gasteiger partial charge in [0.25, 0.3) is 0 Å². The number of aliphatic carboxylic acids is 1. The monoisotopic (exact) mass is 505 g/mol. The van der Waals surface area contributed by atoms with Crippen LogP contribution in [0.5, 0.6) is 0 Å². The number of carbonyl (C=O) groups is 2. The minimum atomic E-state index is -1.29. The van der Waals surface area contributed by atoms with Gasteiger partial charge in [-0.05, 0) is 0 Å². The van der Waals surface area contributed by atoms with E-state index in [0.717, 1.165) is 0 Å². The van der Waals surface area contributed by atoms with Gasteiger partial charge in [0.1, 0.15) is 0 Å². The molecule has 1 aromatic rings. The quantitative estimate of drug-likeness (QED) is 0.255. The summed E-state index contributed by atoms with van der Waals surface area (Å²) >= 11 is 1.77. The van der Waals surface area contributed by atoms with Gasteiger partial charge in [0.2, 0.25) is 0 Å². The van der Waals surface area contributed by atoms with E-state index in [9.17, 15) is 9.59 Å². The number of rotatable bonds is 6. The van der Waals surface area contributed by atoms with Crippen LogP contribution in [0.15, 0.2) is 10.5 Å². The number of ether oxygens (including phenoxy) is 1.